The van der Waals surface area contributed by atoms with Crippen molar-refractivity contribution >= 4 is 51.1 Å². The van der Waals surface area contributed by atoms with Crippen molar-refractivity contribution in [2.75, 3.05) is 12.0 Å². The molecule has 2 aromatic carbocycles. The predicted octanol–water partition coefficient (Wildman–Crippen LogP) is 4.39. The summed E-state index contributed by atoms with van der Waals surface area (Å²) in [5.74, 6) is -0.790. The standard InChI is InChI=1S/C20H18BrClN2O4/c1-28-18(25)11-10-17-19(26)24(16-8-6-15(22)7-9-16)20(27)23(17)12-13-2-4-14(21)5-3-13/h2-9,17H,10-12H2,1H3. The van der Waals surface area contributed by atoms with E-state index in [1.807, 2.05) is 24.3 Å². The van der Waals surface area contributed by atoms with Crippen LogP contribution in [0.4, 0.5) is 10.5 Å². The number of carbonyl (C=O) groups excluding carboxylic acids is 3. The molecule has 1 aliphatic rings. The van der Waals surface area contributed by atoms with Gasteiger partial charge in [0.05, 0.1) is 12.8 Å². The van der Waals surface area contributed by atoms with Crippen LogP contribution >= 0.6 is 27.5 Å². The average molecular weight is 466 g/mol. The number of urea groups is 1. The minimum absolute atomic E-state index is 0.0471. The zero-order valence-electron chi connectivity index (χ0n) is 15.1. The molecule has 0 aliphatic carbocycles. The van der Waals surface area contributed by atoms with Crippen molar-refractivity contribution in [2.24, 2.45) is 0 Å². The van der Waals surface area contributed by atoms with Gasteiger partial charge in [-0.15, -0.1) is 0 Å². The lowest BCUT2D eigenvalue weighted by atomic mass is 10.1. The third kappa shape index (κ3) is 4.36. The minimum Gasteiger partial charge on any atom is -0.469 e. The molecule has 1 heterocycles. The van der Waals surface area contributed by atoms with Crippen LogP contribution in [-0.4, -0.2) is 36.0 Å². The summed E-state index contributed by atoms with van der Waals surface area (Å²) in [5.41, 5.74) is 1.33. The van der Waals surface area contributed by atoms with Gasteiger partial charge >= 0.3 is 12.0 Å². The molecule has 1 saturated heterocycles. The normalized spacial score (nSPS) is 16.6. The van der Waals surface area contributed by atoms with Crippen molar-refractivity contribution in [1.82, 2.24) is 4.90 Å². The van der Waals surface area contributed by atoms with E-state index in [0.717, 1.165) is 14.9 Å². The number of carbonyl (C=O) groups is 3. The Hall–Kier alpha value is -2.38. The van der Waals surface area contributed by atoms with Crippen LogP contribution in [0.3, 0.4) is 0 Å². The molecule has 2 aromatic rings. The Balaban J connectivity index is 1.89. The highest BCUT2D eigenvalue weighted by Gasteiger charge is 2.45. The van der Waals surface area contributed by atoms with Crippen molar-refractivity contribution in [3.05, 3.63) is 63.6 Å². The number of imide groups is 1. The first-order chi connectivity index (χ1) is 13.4. The molecule has 1 unspecified atom stereocenters. The smallest absolute Gasteiger partial charge is 0.332 e. The lowest BCUT2D eigenvalue weighted by Gasteiger charge is -2.21. The highest BCUT2D eigenvalue weighted by Crippen LogP contribution is 2.30. The monoisotopic (exact) mass is 464 g/mol. The van der Waals surface area contributed by atoms with Crippen LogP contribution < -0.4 is 4.90 Å². The number of anilines is 1. The first kappa shape index (κ1) is 20.4. The third-order valence-electron chi connectivity index (χ3n) is 4.52. The number of benzene rings is 2. The average Bonchev–Trinajstić information content (AvgIpc) is 2.92. The number of amides is 3. The molecule has 1 aliphatic heterocycles. The molecule has 1 fully saturated rings. The zero-order chi connectivity index (χ0) is 20.3. The summed E-state index contributed by atoms with van der Waals surface area (Å²) >= 11 is 9.30. The first-order valence-corrected chi connectivity index (χ1v) is 9.79. The third-order valence-corrected chi connectivity index (χ3v) is 5.30. The second-order valence-electron chi connectivity index (χ2n) is 6.32. The number of ether oxygens (including phenoxy) is 1. The molecule has 28 heavy (non-hydrogen) atoms. The number of esters is 1. The first-order valence-electron chi connectivity index (χ1n) is 8.62. The van der Waals surface area contributed by atoms with Gasteiger partial charge in [-0.3, -0.25) is 9.59 Å². The largest absolute Gasteiger partial charge is 0.469 e. The number of halogens is 2. The Kier molecular flexibility index (Phi) is 6.36. The van der Waals surface area contributed by atoms with Gasteiger partial charge in [0.1, 0.15) is 6.04 Å². The summed E-state index contributed by atoms with van der Waals surface area (Å²) in [7, 11) is 1.30. The van der Waals surface area contributed by atoms with Crippen LogP contribution in [0, 0.1) is 0 Å². The van der Waals surface area contributed by atoms with Crippen LogP contribution in [0.1, 0.15) is 18.4 Å². The van der Waals surface area contributed by atoms with Crippen LogP contribution in [0.5, 0.6) is 0 Å². The van der Waals surface area contributed by atoms with Gasteiger partial charge in [-0.25, -0.2) is 9.69 Å². The van der Waals surface area contributed by atoms with Gasteiger partial charge in [-0.2, -0.15) is 0 Å². The van der Waals surface area contributed by atoms with Gasteiger partial charge in [0.25, 0.3) is 5.91 Å². The molecule has 8 heteroatoms. The van der Waals surface area contributed by atoms with E-state index in [4.69, 9.17) is 11.6 Å². The Morgan fingerprint density at radius 1 is 1.11 bits per heavy atom. The molecule has 146 valence electrons. The van der Waals surface area contributed by atoms with Gasteiger partial charge < -0.3 is 9.64 Å². The summed E-state index contributed by atoms with van der Waals surface area (Å²) in [6, 6.07) is 12.8. The summed E-state index contributed by atoms with van der Waals surface area (Å²) in [4.78, 5) is 40.3. The van der Waals surface area contributed by atoms with E-state index < -0.39 is 18.0 Å². The van der Waals surface area contributed by atoms with Crippen molar-refractivity contribution < 1.29 is 19.1 Å². The topological polar surface area (TPSA) is 66.9 Å². The summed E-state index contributed by atoms with van der Waals surface area (Å²) in [6.07, 6.45) is 0.239. The minimum atomic E-state index is -0.745. The molecule has 6 nitrogen and oxygen atoms in total. The fraction of sp³-hybridized carbons (Fsp3) is 0.250. The molecule has 0 spiro atoms. The fourth-order valence-corrected chi connectivity index (χ4v) is 3.46. The van der Waals surface area contributed by atoms with E-state index in [1.165, 1.54) is 12.0 Å². The van der Waals surface area contributed by atoms with Crippen LogP contribution in [-0.2, 0) is 20.9 Å². The number of nitrogens with zero attached hydrogens (tertiary/aromatic N) is 2. The second kappa shape index (κ2) is 8.75. The van der Waals surface area contributed by atoms with E-state index in [2.05, 4.69) is 20.7 Å². The highest BCUT2D eigenvalue weighted by atomic mass is 79.9. The summed E-state index contributed by atoms with van der Waals surface area (Å²) in [6.45, 7) is 0.258. The van der Waals surface area contributed by atoms with E-state index in [1.54, 1.807) is 24.3 Å². The molecule has 0 saturated carbocycles. The molecule has 0 N–H and O–H groups in total. The van der Waals surface area contributed by atoms with Crippen molar-refractivity contribution in [3.63, 3.8) is 0 Å². The quantitative estimate of drug-likeness (QED) is 0.469. The lowest BCUT2D eigenvalue weighted by molar-refractivity contribution is -0.141. The Labute approximate surface area is 176 Å². The number of methoxy groups -OCH3 is 1. The molecular formula is C20H18BrClN2O4. The molecule has 3 amide bonds. The summed E-state index contributed by atoms with van der Waals surface area (Å²) < 4.78 is 5.60. The number of rotatable bonds is 6. The molecule has 0 aromatic heterocycles. The zero-order valence-corrected chi connectivity index (χ0v) is 17.4. The molecule has 1 atom stereocenters. The molecule has 3 rings (SSSR count). The Morgan fingerprint density at radius 3 is 2.36 bits per heavy atom. The number of hydrogen-bond donors (Lipinski definition) is 0. The van der Waals surface area contributed by atoms with Crippen LogP contribution in [0.15, 0.2) is 53.0 Å². The lowest BCUT2D eigenvalue weighted by Crippen LogP contribution is -2.35. The summed E-state index contributed by atoms with van der Waals surface area (Å²) in [5, 5.41) is 0.511. The van der Waals surface area contributed by atoms with Gasteiger partial charge in [-0.1, -0.05) is 39.7 Å². The van der Waals surface area contributed by atoms with Crippen LogP contribution in [0.25, 0.3) is 0 Å². The Morgan fingerprint density at radius 2 is 1.75 bits per heavy atom. The number of hydrogen-bond acceptors (Lipinski definition) is 4. The maximum atomic E-state index is 13.1. The SMILES string of the molecule is COC(=O)CCC1C(=O)N(c2ccc(Cl)cc2)C(=O)N1Cc1ccc(Br)cc1. The van der Waals surface area contributed by atoms with Gasteiger partial charge in [-0.05, 0) is 48.4 Å². The molecule has 0 radical (unpaired) electrons. The van der Waals surface area contributed by atoms with Crippen molar-refractivity contribution in [3.8, 4) is 0 Å². The van der Waals surface area contributed by atoms with E-state index in [-0.39, 0.29) is 25.3 Å². The van der Waals surface area contributed by atoms with E-state index in [0.29, 0.717) is 10.7 Å². The van der Waals surface area contributed by atoms with Gasteiger partial charge in [0, 0.05) is 22.5 Å². The predicted molar refractivity (Wildman–Crippen MR) is 109 cm³/mol. The Bertz CT molecular complexity index is 886. The van der Waals surface area contributed by atoms with E-state index >= 15 is 0 Å². The van der Waals surface area contributed by atoms with Crippen molar-refractivity contribution in [1.29, 1.82) is 0 Å². The molecule has 0 bridgehead atoms. The van der Waals surface area contributed by atoms with Gasteiger partial charge in [0.15, 0.2) is 0 Å². The molecular weight excluding hydrogens is 448 g/mol. The maximum absolute atomic E-state index is 13.1. The fourth-order valence-electron chi connectivity index (χ4n) is 3.07. The van der Waals surface area contributed by atoms with Crippen molar-refractivity contribution in [2.45, 2.75) is 25.4 Å². The van der Waals surface area contributed by atoms with E-state index in [9.17, 15) is 14.4 Å². The van der Waals surface area contributed by atoms with Crippen LogP contribution in [0.2, 0.25) is 5.02 Å². The highest BCUT2D eigenvalue weighted by molar-refractivity contribution is 9.10. The van der Waals surface area contributed by atoms with Gasteiger partial charge in [0.2, 0.25) is 0 Å². The second-order valence-corrected chi connectivity index (χ2v) is 7.67. The maximum Gasteiger partial charge on any atom is 0.332 e.